The van der Waals surface area contributed by atoms with Crippen LogP contribution in [-0.4, -0.2) is 87.4 Å². The van der Waals surface area contributed by atoms with E-state index in [0.717, 1.165) is 55.1 Å². The van der Waals surface area contributed by atoms with E-state index in [9.17, 15) is 13.2 Å². The first-order valence-corrected chi connectivity index (χ1v) is 18.4. The molecule has 0 atom stereocenters. The third-order valence-electron chi connectivity index (χ3n) is 7.55. The fourth-order valence-electron chi connectivity index (χ4n) is 5.24. The number of rotatable bonds is 9. The van der Waals surface area contributed by atoms with Crippen molar-refractivity contribution in [1.29, 1.82) is 0 Å². The summed E-state index contributed by atoms with van der Waals surface area (Å²) in [5, 5.41) is 0.988. The molecule has 0 unspecified atom stereocenters. The SMILES string of the molecule is CN1CN([C@H]2CC[C@H](CN(C)S(C)(=O)=O)CC2)c2c(cnc3c2ccn3COCC[Si](C)(C)C)C1=O. The van der Waals surface area contributed by atoms with Crippen LogP contribution in [0.15, 0.2) is 18.5 Å². The molecule has 11 heteroatoms. The van der Waals surface area contributed by atoms with Crippen LogP contribution in [-0.2, 0) is 21.5 Å². The Hall–Kier alpha value is -1.95. The third-order valence-corrected chi connectivity index (χ3v) is 10.5. The summed E-state index contributed by atoms with van der Waals surface area (Å²) in [5.74, 6) is 0.356. The molecule has 1 amide bonds. The molecule has 0 aromatic carbocycles. The number of nitrogens with zero attached hydrogens (tertiary/aromatic N) is 5. The van der Waals surface area contributed by atoms with Crippen molar-refractivity contribution in [3.8, 4) is 0 Å². The monoisotopic (exact) mass is 535 g/mol. The van der Waals surface area contributed by atoms with Crippen LogP contribution in [0.1, 0.15) is 36.0 Å². The Bertz CT molecular complexity index is 1200. The van der Waals surface area contributed by atoms with Crippen LogP contribution >= 0.6 is 0 Å². The minimum absolute atomic E-state index is 0.00162. The van der Waals surface area contributed by atoms with Crippen LogP contribution in [0.3, 0.4) is 0 Å². The Morgan fingerprint density at radius 3 is 2.53 bits per heavy atom. The Balaban J connectivity index is 1.53. The van der Waals surface area contributed by atoms with E-state index < -0.39 is 18.1 Å². The second-order valence-corrected chi connectivity index (χ2v) is 19.4. The molecular formula is C25H41N5O4SSi. The zero-order valence-corrected chi connectivity index (χ0v) is 24.3. The van der Waals surface area contributed by atoms with E-state index >= 15 is 0 Å². The van der Waals surface area contributed by atoms with Crippen LogP contribution in [0, 0.1) is 5.92 Å². The molecular weight excluding hydrogens is 494 g/mol. The average molecular weight is 536 g/mol. The topological polar surface area (TPSA) is 88.0 Å². The van der Waals surface area contributed by atoms with Gasteiger partial charge in [-0.2, -0.15) is 0 Å². The fraction of sp³-hybridized carbons (Fsp3) is 0.680. The van der Waals surface area contributed by atoms with Crippen molar-refractivity contribution in [2.45, 2.75) is 64.1 Å². The minimum atomic E-state index is -3.17. The van der Waals surface area contributed by atoms with Gasteiger partial charge in [0.1, 0.15) is 12.4 Å². The van der Waals surface area contributed by atoms with Gasteiger partial charge in [-0.3, -0.25) is 4.79 Å². The number of ether oxygens (including phenoxy) is 1. The van der Waals surface area contributed by atoms with E-state index in [4.69, 9.17) is 4.74 Å². The molecule has 0 bridgehead atoms. The lowest BCUT2D eigenvalue weighted by Gasteiger charge is -2.44. The number of carbonyl (C=O) groups excluding carboxylic acids is 1. The van der Waals surface area contributed by atoms with Crippen molar-refractivity contribution in [3.05, 3.63) is 24.0 Å². The van der Waals surface area contributed by atoms with Gasteiger partial charge in [-0.1, -0.05) is 19.6 Å². The van der Waals surface area contributed by atoms with Crippen LogP contribution in [0.4, 0.5) is 5.69 Å². The molecule has 1 fully saturated rings. The van der Waals surface area contributed by atoms with Crippen molar-refractivity contribution in [3.63, 3.8) is 0 Å². The summed E-state index contributed by atoms with van der Waals surface area (Å²) in [6.45, 7) is 9.33. The van der Waals surface area contributed by atoms with Gasteiger partial charge in [-0.15, -0.1) is 0 Å². The lowest BCUT2D eigenvalue weighted by Crippen LogP contribution is -2.50. The van der Waals surface area contributed by atoms with Gasteiger partial charge in [0.2, 0.25) is 10.0 Å². The molecule has 2 aromatic heterocycles. The Kier molecular flexibility index (Phi) is 7.85. The summed E-state index contributed by atoms with van der Waals surface area (Å²) in [7, 11) is -0.818. The second-order valence-electron chi connectivity index (χ2n) is 11.7. The normalized spacial score (nSPS) is 21.5. The number of pyridine rings is 1. The number of hydrogen-bond acceptors (Lipinski definition) is 6. The van der Waals surface area contributed by atoms with E-state index in [1.54, 1.807) is 18.1 Å². The first-order chi connectivity index (χ1) is 16.8. The van der Waals surface area contributed by atoms with Gasteiger partial charge in [0.25, 0.3) is 5.91 Å². The number of hydrogen-bond donors (Lipinski definition) is 0. The highest BCUT2D eigenvalue weighted by molar-refractivity contribution is 7.88. The average Bonchev–Trinajstić information content (AvgIpc) is 3.21. The van der Waals surface area contributed by atoms with E-state index in [0.29, 0.717) is 37.5 Å². The quantitative estimate of drug-likeness (QED) is 0.360. The van der Waals surface area contributed by atoms with Crippen molar-refractivity contribution < 1.29 is 17.9 Å². The summed E-state index contributed by atoms with van der Waals surface area (Å²) in [4.78, 5) is 21.8. The molecule has 0 radical (unpaired) electrons. The Morgan fingerprint density at radius 1 is 1.19 bits per heavy atom. The lowest BCUT2D eigenvalue weighted by molar-refractivity contribution is 0.0774. The van der Waals surface area contributed by atoms with E-state index in [2.05, 4.69) is 35.6 Å². The molecule has 2 aliphatic rings. The van der Waals surface area contributed by atoms with Crippen molar-refractivity contribution in [2.24, 2.45) is 5.92 Å². The van der Waals surface area contributed by atoms with Crippen molar-refractivity contribution >= 4 is 40.7 Å². The van der Waals surface area contributed by atoms with Crippen molar-refractivity contribution in [1.82, 2.24) is 18.8 Å². The van der Waals surface area contributed by atoms with Crippen LogP contribution in [0.2, 0.25) is 25.7 Å². The molecule has 200 valence electrons. The fourth-order valence-corrected chi connectivity index (χ4v) is 6.48. The first kappa shape index (κ1) is 27.1. The van der Waals surface area contributed by atoms with Gasteiger partial charge in [-0.25, -0.2) is 17.7 Å². The van der Waals surface area contributed by atoms with E-state index in [1.165, 1.54) is 10.6 Å². The summed E-state index contributed by atoms with van der Waals surface area (Å²) >= 11 is 0. The Morgan fingerprint density at radius 2 is 1.89 bits per heavy atom. The number of sulfonamides is 1. The molecule has 0 saturated heterocycles. The van der Waals surface area contributed by atoms with E-state index in [1.807, 2.05) is 17.8 Å². The van der Waals surface area contributed by atoms with Crippen LogP contribution in [0.25, 0.3) is 11.0 Å². The Labute approximate surface area is 216 Å². The zero-order valence-electron chi connectivity index (χ0n) is 22.5. The molecule has 4 rings (SSSR count). The number of fused-ring (bicyclic) bond motifs is 3. The molecule has 0 N–H and O–H groups in total. The highest BCUT2D eigenvalue weighted by atomic mass is 32.2. The second kappa shape index (κ2) is 10.4. The predicted octanol–water partition coefficient (Wildman–Crippen LogP) is 3.65. The third kappa shape index (κ3) is 5.95. The lowest BCUT2D eigenvalue weighted by atomic mass is 9.84. The van der Waals surface area contributed by atoms with Crippen LogP contribution in [0.5, 0.6) is 0 Å². The molecule has 1 saturated carbocycles. The molecule has 3 heterocycles. The standard InChI is InChI=1S/C25H41N5O4SSi/c1-27-17-30(20-9-7-19(8-10-20)16-28(2)35(3,32)33)23-21-11-12-29(18-34-13-14-36(4,5)6)24(21)26-15-22(23)25(27)31/h11-12,15,19-20H,7-10,13-14,16-18H2,1-6H3/t19-,20-. The number of amides is 1. The van der Waals surface area contributed by atoms with Crippen LogP contribution < -0.4 is 4.90 Å². The number of carbonyl (C=O) groups is 1. The highest BCUT2D eigenvalue weighted by Gasteiger charge is 2.36. The summed E-state index contributed by atoms with van der Waals surface area (Å²) in [5.41, 5.74) is 2.46. The maximum absolute atomic E-state index is 13.0. The molecule has 2 aromatic rings. The summed E-state index contributed by atoms with van der Waals surface area (Å²) in [6, 6.07) is 3.47. The molecule has 1 aliphatic heterocycles. The van der Waals surface area contributed by atoms with E-state index in [-0.39, 0.29) is 5.91 Å². The maximum atomic E-state index is 13.0. The van der Waals surface area contributed by atoms with Gasteiger partial charge < -0.3 is 19.1 Å². The molecule has 1 aliphatic carbocycles. The maximum Gasteiger partial charge on any atom is 0.258 e. The van der Waals surface area contributed by atoms with Gasteiger partial charge in [0.15, 0.2) is 0 Å². The smallest absolute Gasteiger partial charge is 0.258 e. The summed E-state index contributed by atoms with van der Waals surface area (Å²) in [6.07, 6.45) is 8.85. The molecule has 9 nitrogen and oxygen atoms in total. The molecule has 0 spiro atoms. The minimum Gasteiger partial charge on any atom is -0.361 e. The highest BCUT2D eigenvalue weighted by Crippen LogP contribution is 2.39. The van der Waals surface area contributed by atoms with Gasteiger partial charge in [0.05, 0.1) is 24.2 Å². The van der Waals surface area contributed by atoms with Gasteiger partial charge >= 0.3 is 0 Å². The van der Waals surface area contributed by atoms with Gasteiger partial charge in [0, 0.05) is 59.1 Å². The van der Waals surface area contributed by atoms with Crippen molar-refractivity contribution in [2.75, 3.05) is 45.1 Å². The molecule has 36 heavy (non-hydrogen) atoms. The number of aromatic nitrogens is 2. The van der Waals surface area contributed by atoms with Gasteiger partial charge in [-0.05, 0) is 43.7 Å². The first-order valence-electron chi connectivity index (χ1n) is 12.8. The zero-order chi connectivity index (χ0) is 26.3. The largest absolute Gasteiger partial charge is 0.361 e. The summed E-state index contributed by atoms with van der Waals surface area (Å²) < 4.78 is 33.1. The number of anilines is 1. The predicted molar refractivity (Wildman–Crippen MR) is 146 cm³/mol.